The summed E-state index contributed by atoms with van der Waals surface area (Å²) in [7, 11) is 1.60. The van der Waals surface area contributed by atoms with Crippen molar-refractivity contribution in [2.45, 2.75) is 31.8 Å². The van der Waals surface area contributed by atoms with E-state index in [2.05, 4.69) is 16.4 Å². The molecule has 0 aliphatic heterocycles. The number of methoxy groups -OCH3 is 1. The van der Waals surface area contributed by atoms with E-state index in [1.165, 1.54) is 0 Å². The van der Waals surface area contributed by atoms with Crippen LogP contribution in [0.2, 0.25) is 0 Å². The quantitative estimate of drug-likeness (QED) is 0.226. The number of carbonyl (C=O) groups is 2. The van der Waals surface area contributed by atoms with E-state index in [1.54, 1.807) is 31.4 Å². The second kappa shape index (κ2) is 13.3. The van der Waals surface area contributed by atoms with E-state index in [4.69, 9.17) is 20.5 Å². The van der Waals surface area contributed by atoms with Crippen molar-refractivity contribution in [3.05, 3.63) is 95.7 Å². The van der Waals surface area contributed by atoms with Crippen LogP contribution in [0.15, 0.2) is 79.0 Å². The van der Waals surface area contributed by atoms with Gasteiger partial charge in [0, 0.05) is 23.5 Å². The van der Waals surface area contributed by atoms with Gasteiger partial charge in [0.25, 0.3) is 0 Å². The molecule has 3 aromatic carbocycles. The molecule has 1 amide bonds. The second-order valence-corrected chi connectivity index (χ2v) is 9.31. The Kier molecular flexibility index (Phi) is 9.33. The van der Waals surface area contributed by atoms with Gasteiger partial charge in [-0.3, -0.25) is 9.59 Å². The molecule has 0 saturated carbocycles. The van der Waals surface area contributed by atoms with Gasteiger partial charge in [-0.2, -0.15) is 5.26 Å². The molecule has 4 rings (SSSR count). The molecule has 0 fully saturated rings. The maximum Gasteiger partial charge on any atom is 0.221 e. The number of nitrogens with two attached hydrogens (primary N) is 1. The number of rotatable bonds is 13. The Balaban J connectivity index is 1.45. The Morgan fingerprint density at radius 2 is 1.77 bits per heavy atom. The summed E-state index contributed by atoms with van der Waals surface area (Å²) in [6, 6.07) is 24.5. The lowest BCUT2D eigenvalue weighted by Gasteiger charge is -2.24. The summed E-state index contributed by atoms with van der Waals surface area (Å²) >= 11 is 0. The van der Waals surface area contributed by atoms with E-state index >= 15 is 0 Å². The molecule has 0 radical (unpaired) electrons. The Morgan fingerprint density at radius 3 is 2.54 bits per heavy atom. The summed E-state index contributed by atoms with van der Waals surface area (Å²) in [5, 5.41) is 12.7. The highest BCUT2D eigenvalue weighted by Crippen LogP contribution is 2.23. The van der Waals surface area contributed by atoms with Crippen molar-refractivity contribution < 1.29 is 19.1 Å². The van der Waals surface area contributed by atoms with Crippen LogP contribution in [0.1, 0.15) is 23.1 Å². The van der Waals surface area contributed by atoms with Gasteiger partial charge in [-0.15, -0.1) is 0 Å². The highest BCUT2D eigenvalue weighted by atomic mass is 16.5. The van der Waals surface area contributed by atoms with Gasteiger partial charge in [0.2, 0.25) is 5.91 Å². The average molecular weight is 525 g/mol. The number of Topliss-reactive ketones (excluding diaryl/α,β-unsaturated/α-hetero) is 1. The number of amides is 1. The number of hydrogen-bond acceptors (Lipinski definition) is 6. The summed E-state index contributed by atoms with van der Waals surface area (Å²) in [5.74, 6) is 0.0559. The Bertz CT molecular complexity index is 1460. The molecule has 0 spiro atoms. The molecule has 0 saturated heterocycles. The lowest BCUT2D eigenvalue weighted by atomic mass is 9.92. The van der Waals surface area contributed by atoms with Crippen LogP contribution < -0.4 is 20.5 Å². The number of ketones is 1. The van der Waals surface area contributed by atoms with E-state index in [-0.39, 0.29) is 24.7 Å². The zero-order chi connectivity index (χ0) is 27.6. The molecule has 4 N–H and O–H groups in total. The van der Waals surface area contributed by atoms with Gasteiger partial charge in [0.05, 0.1) is 31.7 Å². The van der Waals surface area contributed by atoms with Gasteiger partial charge in [-0.05, 0) is 53.8 Å². The molecular formula is C31H32N4O4. The van der Waals surface area contributed by atoms with Gasteiger partial charge in [-0.25, -0.2) is 0 Å². The molecule has 1 aromatic heterocycles. The van der Waals surface area contributed by atoms with Crippen molar-refractivity contribution in [2.24, 2.45) is 11.7 Å². The maximum atomic E-state index is 13.4. The number of aromatic amines is 1. The normalized spacial score (nSPS) is 12.3. The van der Waals surface area contributed by atoms with Crippen molar-refractivity contribution in [1.82, 2.24) is 10.3 Å². The van der Waals surface area contributed by atoms with Crippen LogP contribution in [0.4, 0.5) is 0 Å². The molecule has 39 heavy (non-hydrogen) atoms. The van der Waals surface area contributed by atoms with Crippen LogP contribution in [0.25, 0.3) is 10.9 Å². The second-order valence-electron chi connectivity index (χ2n) is 9.31. The SMILES string of the molecule is COc1ccccc1CCC(=O)NC(N)C(Cc1c[nH]c2ccccc12)C(=O)COc1ccc(CC#N)cc1. The van der Waals surface area contributed by atoms with E-state index in [9.17, 15) is 9.59 Å². The van der Waals surface area contributed by atoms with Crippen molar-refractivity contribution in [3.63, 3.8) is 0 Å². The predicted octanol–water partition coefficient (Wildman–Crippen LogP) is 4.08. The lowest BCUT2D eigenvalue weighted by Crippen LogP contribution is -2.51. The van der Waals surface area contributed by atoms with Crippen LogP contribution >= 0.6 is 0 Å². The monoisotopic (exact) mass is 524 g/mol. The van der Waals surface area contributed by atoms with Gasteiger partial charge in [-0.1, -0.05) is 48.5 Å². The summed E-state index contributed by atoms with van der Waals surface area (Å²) in [5.41, 5.74) is 10.1. The highest BCUT2D eigenvalue weighted by Gasteiger charge is 2.28. The third-order valence-corrected chi connectivity index (χ3v) is 6.69. The van der Waals surface area contributed by atoms with E-state index in [0.29, 0.717) is 25.0 Å². The first-order chi connectivity index (χ1) is 19.0. The van der Waals surface area contributed by atoms with Crippen LogP contribution in [-0.2, 0) is 28.9 Å². The van der Waals surface area contributed by atoms with Crippen molar-refractivity contribution in [2.75, 3.05) is 13.7 Å². The fraction of sp³-hybridized carbons (Fsp3) is 0.258. The Labute approximate surface area is 227 Å². The summed E-state index contributed by atoms with van der Waals surface area (Å²) in [4.78, 5) is 29.5. The first-order valence-electron chi connectivity index (χ1n) is 12.8. The predicted molar refractivity (Wildman–Crippen MR) is 149 cm³/mol. The maximum absolute atomic E-state index is 13.4. The first-order valence-corrected chi connectivity index (χ1v) is 12.8. The first kappa shape index (κ1) is 27.4. The van der Waals surface area contributed by atoms with Crippen molar-refractivity contribution >= 4 is 22.6 Å². The van der Waals surface area contributed by atoms with E-state index < -0.39 is 12.1 Å². The lowest BCUT2D eigenvalue weighted by molar-refractivity contribution is -0.127. The fourth-order valence-corrected chi connectivity index (χ4v) is 4.55. The minimum atomic E-state index is -0.905. The molecule has 0 aliphatic rings. The zero-order valence-electron chi connectivity index (χ0n) is 21.9. The number of nitrogens with one attached hydrogen (secondary N) is 2. The number of fused-ring (bicyclic) bond motifs is 1. The number of nitrogens with zero attached hydrogens (tertiary/aromatic N) is 1. The van der Waals surface area contributed by atoms with Crippen LogP contribution in [0, 0.1) is 17.2 Å². The molecule has 1 heterocycles. The number of para-hydroxylation sites is 2. The molecule has 2 unspecified atom stereocenters. The Hall–Kier alpha value is -4.61. The number of nitriles is 1. The van der Waals surface area contributed by atoms with E-state index in [1.807, 2.05) is 54.7 Å². The minimum Gasteiger partial charge on any atom is -0.496 e. The van der Waals surface area contributed by atoms with Crippen LogP contribution in [0.5, 0.6) is 11.5 Å². The number of benzene rings is 3. The number of ether oxygens (including phenoxy) is 2. The van der Waals surface area contributed by atoms with Crippen LogP contribution in [0.3, 0.4) is 0 Å². The number of carbonyl (C=O) groups excluding carboxylic acids is 2. The summed E-state index contributed by atoms with van der Waals surface area (Å²) in [6.07, 6.45) is 2.29. The molecule has 8 nitrogen and oxygen atoms in total. The van der Waals surface area contributed by atoms with E-state index in [0.717, 1.165) is 33.3 Å². The number of aromatic nitrogens is 1. The van der Waals surface area contributed by atoms with Crippen LogP contribution in [-0.4, -0.2) is 36.6 Å². The van der Waals surface area contributed by atoms with Gasteiger partial charge in [0.1, 0.15) is 18.1 Å². The molecule has 0 bridgehead atoms. The molecular weight excluding hydrogens is 492 g/mol. The topological polar surface area (TPSA) is 130 Å². The fourth-order valence-electron chi connectivity index (χ4n) is 4.55. The standard InChI is InChI=1S/C31H32N4O4/c1-38-29-9-5-2-6-22(29)12-15-30(37)35-31(33)26(18-23-19-34-27-8-4-3-7-25(23)27)28(36)20-39-24-13-10-21(11-14-24)16-17-32/h2-11,13-14,19,26,31,34H,12,15-16,18,20,33H2,1H3,(H,35,37). The molecule has 2 atom stereocenters. The molecule has 200 valence electrons. The number of aryl methyl sites for hydroxylation is 1. The number of hydrogen-bond donors (Lipinski definition) is 3. The molecule has 0 aliphatic carbocycles. The summed E-state index contributed by atoms with van der Waals surface area (Å²) in [6.45, 7) is -0.199. The van der Waals surface area contributed by atoms with Gasteiger partial charge in [0.15, 0.2) is 5.78 Å². The van der Waals surface area contributed by atoms with Gasteiger partial charge < -0.3 is 25.5 Å². The summed E-state index contributed by atoms with van der Waals surface area (Å²) < 4.78 is 11.1. The largest absolute Gasteiger partial charge is 0.496 e. The molecule has 4 aromatic rings. The smallest absolute Gasteiger partial charge is 0.221 e. The zero-order valence-corrected chi connectivity index (χ0v) is 21.9. The highest BCUT2D eigenvalue weighted by molar-refractivity contribution is 5.87. The van der Waals surface area contributed by atoms with Crippen molar-refractivity contribution in [1.29, 1.82) is 5.26 Å². The molecule has 8 heteroatoms. The third-order valence-electron chi connectivity index (χ3n) is 6.69. The number of H-pyrrole nitrogens is 1. The Morgan fingerprint density at radius 1 is 1.03 bits per heavy atom. The van der Waals surface area contributed by atoms with Gasteiger partial charge >= 0.3 is 0 Å². The third kappa shape index (κ3) is 7.24. The minimum absolute atomic E-state index is 0.199. The van der Waals surface area contributed by atoms with Crippen molar-refractivity contribution in [3.8, 4) is 17.6 Å². The average Bonchev–Trinajstić information content (AvgIpc) is 3.37.